The zero-order valence-electron chi connectivity index (χ0n) is 15.3. The SMILES string of the molecule is NC(=O)[C@@H]1CCCN(Cc2ccc(NC(=O)c3ccc([N+](=O)[O-])cc3)cc2)C1. The average molecular weight is 382 g/mol. The number of piperidine rings is 1. The topological polar surface area (TPSA) is 119 Å². The van der Waals surface area contributed by atoms with E-state index in [4.69, 9.17) is 5.73 Å². The first-order valence-corrected chi connectivity index (χ1v) is 9.09. The van der Waals surface area contributed by atoms with Crippen molar-refractivity contribution in [2.75, 3.05) is 18.4 Å². The van der Waals surface area contributed by atoms with Gasteiger partial charge in [-0.25, -0.2) is 0 Å². The predicted molar refractivity (Wildman–Crippen MR) is 105 cm³/mol. The van der Waals surface area contributed by atoms with Crippen LogP contribution in [-0.4, -0.2) is 34.7 Å². The van der Waals surface area contributed by atoms with Crippen LogP contribution in [0, 0.1) is 16.0 Å². The second-order valence-electron chi connectivity index (χ2n) is 6.93. The van der Waals surface area contributed by atoms with Gasteiger partial charge in [-0.3, -0.25) is 24.6 Å². The number of nitrogens with two attached hydrogens (primary N) is 1. The van der Waals surface area contributed by atoms with E-state index < -0.39 is 4.92 Å². The van der Waals surface area contributed by atoms with Gasteiger partial charge >= 0.3 is 0 Å². The smallest absolute Gasteiger partial charge is 0.269 e. The van der Waals surface area contributed by atoms with Crippen LogP contribution in [0.1, 0.15) is 28.8 Å². The number of rotatable bonds is 6. The maximum atomic E-state index is 12.3. The number of nitro groups is 1. The Balaban J connectivity index is 1.57. The number of benzene rings is 2. The van der Waals surface area contributed by atoms with Gasteiger partial charge in [0.1, 0.15) is 0 Å². The number of nitrogens with zero attached hydrogens (tertiary/aromatic N) is 2. The lowest BCUT2D eigenvalue weighted by Crippen LogP contribution is -2.40. The van der Waals surface area contributed by atoms with Gasteiger partial charge in [-0.15, -0.1) is 0 Å². The van der Waals surface area contributed by atoms with Crippen LogP contribution in [-0.2, 0) is 11.3 Å². The molecule has 0 aromatic heterocycles. The molecular weight excluding hydrogens is 360 g/mol. The molecule has 2 aromatic carbocycles. The summed E-state index contributed by atoms with van der Waals surface area (Å²) in [4.78, 5) is 36.0. The van der Waals surface area contributed by atoms with Crippen molar-refractivity contribution in [3.05, 3.63) is 69.8 Å². The molecule has 3 rings (SSSR count). The molecule has 3 N–H and O–H groups in total. The van der Waals surface area contributed by atoms with Crippen molar-refractivity contribution in [1.29, 1.82) is 0 Å². The maximum Gasteiger partial charge on any atom is 0.269 e. The molecule has 1 aliphatic rings. The fraction of sp³-hybridized carbons (Fsp3) is 0.300. The molecule has 0 bridgehead atoms. The maximum absolute atomic E-state index is 12.3. The Labute approximate surface area is 162 Å². The molecule has 8 heteroatoms. The van der Waals surface area contributed by atoms with Crippen LogP contribution in [0.3, 0.4) is 0 Å². The van der Waals surface area contributed by atoms with Gasteiger partial charge in [-0.05, 0) is 49.2 Å². The Morgan fingerprint density at radius 1 is 1.14 bits per heavy atom. The van der Waals surface area contributed by atoms with Gasteiger partial charge in [0.05, 0.1) is 10.8 Å². The van der Waals surface area contributed by atoms with Crippen molar-refractivity contribution in [3.8, 4) is 0 Å². The fourth-order valence-electron chi connectivity index (χ4n) is 3.32. The molecule has 0 spiro atoms. The van der Waals surface area contributed by atoms with Crippen molar-refractivity contribution in [1.82, 2.24) is 4.90 Å². The lowest BCUT2D eigenvalue weighted by Gasteiger charge is -2.31. The standard InChI is InChI=1S/C20H22N4O4/c21-19(25)16-2-1-11-23(13-16)12-14-3-7-17(8-4-14)22-20(26)15-5-9-18(10-6-15)24(27)28/h3-10,16H,1-2,11-13H2,(H2,21,25)(H,22,26)/t16-/m1/s1. The number of hydrogen-bond donors (Lipinski definition) is 2. The number of nitrogens with one attached hydrogen (secondary N) is 1. The van der Waals surface area contributed by atoms with Crippen molar-refractivity contribution >= 4 is 23.2 Å². The van der Waals surface area contributed by atoms with Gasteiger partial charge in [0.25, 0.3) is 11.6 Å². The van der Waals surface area contributed by atoms with Crippen LogP contribution in [0.2, 0.25) is 0 Å². The molecule has 0 aliphatic carbocycles. The summed E-state index contributed by atoms with van der Waals surface area (Å²) in [5, 5.41) is 13.5. The molecule has 28 heavy (non-hydrogen) atoms. The van der Waals surface area contributed by atoms with Gasteiger partial charge in [0, 0.05) is 36.5 Å². The molecule has 1 atom stereocenters. The predicted octanol–water partition coefficient (Wildman–Crippen LogP) is 2.54. The number of hydrogen-bond acceptors (Lipinski definition) is 5. The van der Waals surface area contributed by atoms with E-state index in [2.05, 4.69) is 10.2 Å². The van der Waals surface area contributed by atoms with Crippen molar-refractivity contribution in [2.24, 2.45) is 11.7 Å². The molecule has 0 radical (unpaired) electrons. The zero-order chi connectivity index (χ0) is 20.1. The molecule has 1 aliphatic heterocycles. The Morgan fingerprint density at radius 2 is 1.82 bits per heavy atom. The summed E-state index contributed by atoms with van der Waals surface area (Å²) in [6.07, 6.45) is 1.80. The van der Waals surface area contributed by atoms with Crippen LogP contribution >= 0.6 is 0 Å². The largest absolute Gasteiger partial charge is 0.369 e. The zero-order valence-corrected chi connectivity index (χ0v) is 15.3. The van der Waals surface area contributed by atoms with Gasteiger partial charge in [-0.2, -0.15) is 0 Å². The number of nitro benzene ring substituents is 1. The first-order valence-electron chi connectivity index (χ1n) is 9.09. The summed E-state index contributed by atoms with van der Waals surface area (Å²) in [5.74, 6) is -0.661. The molecule has 1 heterocycles. The van der Waals surface area contributed by atoms with E-state index in [1.807, 2.05) is 24.3 Å². The minimum Gasteiger partial charge on any atom is -0.369 e. The highest BCUT2D eigenvalue weighted by Crippen LogP contribution is 2.20. The number of non-ortho nitro benzene ring substituents is 1. The van der Waals surface area contributed by atoms with Crippen LogP contribution in [0.5, 0.6) is 0 Å². The highest BCUT2D eigenvalue weighted by atomic mass is 16.6. The first kappa shape index (κ1) is 19.5. The number of likely N-dealkylation sites (tertiary alicyclic amines) is 1. The summed E-state index contributed by atoms with van der Waals surface area (Å²) in [7, 11) is 0. The molecule has 0 saturated carbocycles. The highest BCUT2D eigenvalue weighted by Gasteiger charge is 2.23. The summed E-state index contributed by atoms with van der Waals surface area (Å²) in [6, 6.07) is 12.9. The summed E-state index contributed by atoms with van der Waals surface area (Å²) in [6.45, 7) is 2.33. The van der Waals surface area contributed by atoms with E-state index in [1.165, 1.54) is 24.3 Å². The Hall–Kier alpha value is -3.26. The molecular formula is C20H22N4O4. The number of anilines is 1. The fourth-order valence-corrected chi connectivity index (χ4v) is 3.32. The van der Waals surface area contributed by atoms with E-state index in [-0.39, 0.29) is 23.4 Å². The summed E-state index contributed by atoms with van der Waals surface area (Å²) in [5.41, 5.74) is 7.43. The second kappa shape index (κ2) is 8.62. The second-order valence-corrected chi connectivity index (χ2v) is 6.93. The van der Waals surface area contributed by atoms with Crippen LogP contribution in [0.15, 0.2) is 48.5 Å². The third-order valence-corrected chi connectivity index (χ3v) is 4.87. The van der Waals surface area contributed by atoms with E-state index in [1.54, 1.807) is 0 Å². The van der Waals surface area contributed by atoms with E-state index in [0.717, 1.165) is 31.5 Å². The van der Waals surface area contributed by atoms with Crippen molar-refractivity contribution in [3.63, 3.8) is 0 Å². The van der Waals surface area contributed by atoms with E-state index in [9.17, 15) is 19.7 Å². The Morgan fingerprint density at radius 3 is 2.43 bits per heavy atom. The third-order valence-electron chi connectivity index (χ3n) is 4.87. The van der Waals surface area contributed by atoms with Crippen molar-refractivity contribution in [2.45, 2.75) is 19.4 Å². The third kappa shape index (κ3) is 4.92. The quantitative estimate of drug-likeness (QED) is 0.588. The Bertz CT molecular complexity index is 865. The lowest BCUT2D eigenvalue weighted by atomic mass is 9.97. The van der Waals surface area contributed by atoms with Crippen LogP contribution in [0.4, 0.5) is 11.4 Å². The number of carbonyl (C=O) groups excluding carboxylic acids is 2. The van der Waals surface area contributed by atoms with Crippen molar-refractivity contribution < 1.29 is 14.5 Å². The normalized spacial score (nSPS) is 17.1. The molecule has 8 nitrogen and oxygen atoms in total. The minimum atomic E-state index is -0.506. The summed E-state index contributed by atoms with van der Waals surface area (Å²) < 4.78 is 0. The first-order chi connectivity index (χ1) is 13.4. The molecule has 2 aromatic rings. The van der Waals surface area contributed by atoms with Gasteiger partial charge in [0.15, 0.2) is 0 Å². The van der Waals surface area contributed by atoms with Gasteiger partial charge in [-0.1, -0.05) is 12.1 Å². The number of primary amides is 1. The molecule has 1 saturated heterocycles. The molecule has 2 amide bonds. The highest BCUT2D eigenvalue weighted by molar-refractivity contribution is 6.04. The van der Waals surface area contributed by atoms with Gasteiger partial charge < -0.3 is 11.1 Å². The average Bonchev–Trinajstić information content (AvgIpc) is 2.69. The van der Waals surface area contributed by atoms with Gasteiger partial charge in [0.2, 0.25) is 5.91 Å². The molecule has 146 valence electrons. The molecule has 0 unspecified atom stereocenters. The minimum absolute atomic E-state index is 0.0582. The monoisotopic (exact) mass is 382 g/mol. The van der Waals surface area contributed by atoms with Crippen LogP contribution in [0.25, 0.3) is 0 Å². The lowest BCUT2D eigenvalue weighted by molar-refractivity contribution is -0.384. The number of carbonyl (C=O) groups is 2. The number of amides is 2. The molecule has 1 fully saturated rings. The summed E-state index contributed by atoms with van der Waals surface area (Å²) >= 11 is 0. The van der Waals surface area contributed by atoms with E-state index >= 15 is 0 Å². The van der Waals surface area contributed by atoms with E-state index in [0.29, 0.717) is 17.8 Å². The van der Waals surface area contributed by atoms with Crippen LogP contribution < -0.4 is 11.1 Å². The Kier molecular flexibility index (Phi) is 6.00.